The predicted molar refractivity (Wildman–Crippen MR) is 108 cm³/mol. The van der Waals surface area contributed by atoms with Gasteiger partial charge in [0.15, 0.2) is 0 Å². The third kappa shape index (κ3) is 5.99. The summed E-state index contributed by atoms with van der Waals surface area (Å²) in [4.78, 5) is 43.5. The average Bonchev–Trinajstić information content (AvgIpc) is 2.74. The molecular formula is C19H28N4O6S. The first kappa shape index (κ1) is 23.7. The molecule has 1 atom stereocenters. The Labute approximate surface area is 176 Å². The summed E-state index contributed by atoms with van der Waals surface area (Å²) in [7, 11) is -1.12. The quantitative estimate of drug-likeness (QED) is 0.521. The Balaban J connectivity index is 1.92. The van der Waals surface area contributed by atoms with Crippen LogP contribution in [0.15, 0.2) is 29.4 Å². The fraction of sp³-hybridized carbons (Fsp3) is 0.579. The minimum atomic E-state index is -3.86. The first-order valence-corrected chi connectivity index (χ1v) is 11.2. The van der Waals surface area contributed by atoms with Gasteiger partial charge in [-0.05, 0) is 31.9 Å². The first-order chi connectivity index (χ1) is 14.2. The Bertz CT molecular complexity index is 861. The Morgan fingerprint density at radius 3 is 2.63 bits per heavy atom. The van der Waals surface area contributed by atoms with Crippen molar-refractivity contribution in [3.05, 3.63) is 24.5 Å². The zero-order valence-electron chi connectivity index (χ0n) is 17.5. The lowest BCUT2D eigenvalue weighted by Crippen LogP contribution is -2.48. The number of ether oxygens (including phenoxy) is 1. The average molecular weight is 441 g/mol. The van der Waals surface area contributed by atoms with Crippen molar-refractivity contribution in [2.24, 2.45) is 5.92 Å². The molecular weight excluding hydrogens is 412 g/mol. The van der Waals surface area contributed by atoms with E-state index in [1.165, 1.54) is 43.5 Å². The number of carbonyl (C=O) groups is 3. The molecule has 0 spiro atoms. The summed E-state index contributed by atoms with van der Waals surface area (Å²) in [6.07, 6.45) is 4.00. The lowest BCUT2D eigenvalue weighted by Gasteiger charge is -2.32. The second-order valence-electron chi connectivity index (χ2n) is 7.13. The van der Waals surface area contributed by atoms with Crippen molar-refractivity contribution >= 4 is 27.8 Å². The van der Waals surface area contributed by atoms with Crippen LogP contribution < -0.4 is 0 Å². The molecule has 0 aliphatic carbocycles. The van der Waals surface area contributed by atoms with Gasteiger partial charge >= 0.3 is 5.97 Å². The minimum absolute atomic E-state index is 0.0163. The number of aromatic nitrogens is 1. The smallest absolute Gasteiger partial charge is 0.310 e. The second kappa shape index (κ2) is 10.5. The van der Waals surface area contributed by atoms with Gasteiger partial charge in [0.1, 0.15) is 4.90 Å². The number of sulfonamides is 1. The Morgan fingerprint density at radius 1 is 1.27 bits per heavy atom. The first-order valence-electron chi connectivity index (χ1n) is 9.71. The number of hydrogen-bond acceptors (Lipinski definition) is 7. The van der Waals surface area contributed by atoms with E-state index < -0.39 is 22.5 Å². The third-order valence-corrected chi connectivity index (χ3v) is 6.68. The van der Waals surface area contributed by atoms with Crippen LogP contribution in [-0.2, 0) is 29.1 Å². The van der Waals surface area contributed by atoms with Crippen LogP contribution in [0.25, 0.3) is 0 Å². The van der Waals surface area contributed by atoms with Crippen LogP contribution in [0.4, 0.5) is 0 Å². The molecule has 2 rings (SSSR count). The summed E-state index contributed by atoms with van der Waals surface area (Å²) in [6, 6.07) is 2.89. The molecule has 1 aromatic rings. The van der Waals surface area contributed by atoms with Gasteiger partial charge in [-0.2, -0.15) is 4.31 Å². The number of likely N-dealkylation sites (N-methyl/N-ethyl adjacent to an activating group) is 2. The maximum Gasteiger partial charge on any atom is 0.310 e. The lowest BCUT2D eigenvalue weighted by atomic mass is 9.98. The zero-order chi connectivity index (χ0) is 22.3. The molecule has 0 radical (unpaired) electrons. The summed E-state index contributed by atoms with van der Waals surface area (Å²) >= 11 is 0. The van der Waals surface area contributed by atoms with E-state index >= 15 is 0 Å². The summed E-state index contributed by atoms with van der Waals surface area (Å²) < 4.78 is 31.0. The Kier molecular flexibility index (Phi) is 8.30. The maximum atomic E-state index is 12.6. The second-order valence-corrected chi connectivity index (χ2v) is 9.18. The minimum Gasteiger partial charge on any atom is -0.466 e. The maximum absolute atomic E-state index is 12.6. The molecule has 2 amide bonds. The van der Waals surface area contributed by atoms with Crippen LogP contribution in [-0.4, -0.2) is 92.2 Å². The van der Waals surface area contributed by atoms with E-state index in [0.29, 0.717) is 19.4 Å². The van der Waals surface area contributed by atoms with Gasteiger partial charge in [0.05, 0.1) is 25.6 Å². The van der Waals surface area contributed by atoms with Gasteiger partial charge in [-0.3, -0.25) is 19.4 Å². The Hall–Kier alpha value is -2.53. The number of nitrogens with zero attached hydrogens (tertiary/aromatic N) is 4. The molecule has 2 heterocycles. The molecule has 1 unspecified atom stereocenters. The molecule has 11 heteroatoms. The fourth-order valence-corrected chi connectivity index (χ4v) is 4.21. The van der Waals surface area contributed by atoms with Crippen molar-refractivity contribution in [1.82, 2.24) is 19.1 Å². The van der Waals surface area contributed by atoms with Gasteiger partial charge < -0.3 is 14.5 Å². The zero-order valence-corrected chi connectivity index (χ0v) is 18.3. The van der Waals surface area contributed by atoms with E-state index in [1.54, 1.807) is 11.8 Å². The fourth-order valence-electron chi connectivity index (χ4n) is 3.12. The lowest BCUT2D eigenvalue weighted by molar-refractivity contribution is -0.152. The van der Waals surface area contributed by atoms with Gasteiger partial charge in [0, 0.05) is 39.6 Å². The summed E-state index contributed by atoms with van der Waals surface area (Å²) in [6.45, 7) is 2.17. The number of carbonyl (C=O) groups excluding carboxylic acids is 3. The van der Waals surface area contributed by atoms with Crippen molar-refractivity contribution in [3.8, 4) is 0 Å². The van der Waals surface area contributed by atoms with E-state index in [2.05, 4.69) is 4.98 Å². The van der Waals surface area contributed by atoms with Crippen LogP contribution in [0.2, 0.25) is 0 Å². The van der Waals surface area contributed by atoms with Gasteiger partial charge in [-0.25, -0.2) is 8.42 Å². The topological polar surface area (TPSA) is 117 Å². The van der Waals surface area contributed by atoms with Crippen molar-refractivity contribution in [2.75, 3.05) is 46.9 Å². The monoisotopic (exact) mass is 440 g/mol. The molecule has 1 aliphatic heterocycles. The molecule has 1 aliphatic rings. The van der Waals surface area contributed by atoms with Crippen molar-refractivity contribution < 1.29 is 27.5 Å². The third-order valence-electron chi connectivity index (χ3n) is 4.89. The predicted octanol–water partition coefficient (Wildman–Crippen LogP) is -0.0378. The van der Waals surface area contributed by atoms with Crippen molar-refractivity contribution in [2.45, 2.75) is 24.7 Å². The van der Waals surface area contributed by atoms with E-state index in [9.17, 15) is 22.8 Å². The molecule has 30 heavy (non-hydrogen) atoms. The van der Waals surface area contributed by atoms with Crippen LogP contribution >= 0.6 is 0 Å². The van der Waals surface area contributed by atoms with Gasteiger partial charge in [0.25, 0.3) is 0 Å². The number of amides is 2. The van der Waals surface area contributed by atoms with Crippen LogP contribution in [0.3, 0.4) is 0 Å². The number of piperidine rings is 1. The van der Waals surface area contributed by atoms with E-state index in [-0.39, 0.29) is 42.4 Å². The van der Waals surface area contributed by atoms with Gasteiger partial charge in [-0.15, -0.1) is 0 Å². The van der Waals surface area contributed by atoms with Crippen LogP contribution in [0.5, 0.6) is 0 Å². The highest BCUT2D eigenvalue weighted by atomic mass is 32.2. The number of hydrogen-bond donors (Lipinski definition) is 0. The molecule has 10 nitrogen and oxygen atoms in total. The standard InChI is InChI=1S/C19H28N4O6S/c1-4-29-19(26)15-7-6-10-23(12-15)18(25)13-21(2)17(24)14-22(3)30(27,28)16-8-5-9-20-11-16/h5,8-9,11,15H,4,6-7,10,12-14H2,1-3H3. The molecule has 1 fully saturated rings. The highest BCUT2D eigenvalue weighted by Gasteiger charge is 2.31. The number of rotatable bonds is 8. The van der Waals surface area contributed by atoms with Crippen LogP contribution in [0, 0.1) is 5.92 Å². The van der Waals surface area contributed by atoms with E-state index in [0.717, 1.165) is 4.31 Å². The number of likely N-dealkylation sites (tertiary alicyclic amines) is 1. The summed E-state index contributed by atoms with van der Waals surface area (Å²) in [5, 5.41) is 0. The SMILES string of the molecule is CCOC(=O)C1CCCN(C(=O)CN(C)C(=O)CN(C)S(=O)(=O)c2cccnc2)C1. The molecule has 0 N–H and O–H groups in total. The van der Waals surface area contributed by atoms with E-state index in [4.69, 9.17) is 4.74 Å². The molecule has 166 valence electrons. The van der Waals surface area contributed by atoms with Crippen LogP contribution in [0.1, 0.15) is 19.8 Å². The normalized spacial score (nSPS) is 16.9. The van der Waals surface area contributed by atoms with E-state index in [1.807, 2.05) is 0 Å². The molecule has 0 saturated carbocycles. The number of esters is 1. The summed E-state index contributed by atoms with van der Waals surface area (Å²) in [5.74, 6) is -1.49. The van der Waals surface area contributed by atoms with Crippen molar-refractivity contribution in [1.29, 1.82) is 0 Å². The molecule has 0 aromatic carbocycles. The van der Waals surface area contributed by atoms with Gasteiger partial charge in [-0.1, -0.05) is 0 Å². The Morgan fingerprint density at radius 2 is 2.00 bits per heavy atom. The number of pyridine rings is 1. The highest BCUT2D eigenvalue weighted by molar-refractivity contribution is 7.89. The molecule has 1 saturated heterocycles. The molecule has 0 bridgehead atoms. The summed E-state index contributed by atoms with van der Waals surface area (Å²) in [5.41, 5.74) is 0. The largest absolute Gasteiger partial charge is 0.466 e. The highest BCUT2D eigenvalue weighted by Crippen LogP contribution is 2.18. The van der Waals surface area contributed by atoms with Crippen molar-refractivity contribution in [3.63, 3.8) is 0 Å². The van der Waals surface area contributed by atoms with Gasteiger partial charge in [0.2, 0.25) is 21.8 Å². The molecule has 1 aromatic heterocycles.